The number of nitrogens with one attached hydrogen (secondary N) is 1. The predicted octanol–water partition coefficient (Wildman–Crippen LogP) is 5.27. The zero-order valence-electron chi connectivity index (χ0n) is 20.5. The molecule has 3 rings (SSSR count). The van der Waals surface area contributed by atoms with Gasteiger partial charge in [0.15, 0.2) is 0 Å². The van der Waals surface area contributed by atoms with Crippen molar-refractivity contribution in [3.8, 4) is 0 Å². The topological polar surface area (TPSA) is 74.7 Å². The van der Waals surface area contributed by atoms with Crippen molar-refractivity contribution in [1.29, 1.82) is 0 Å². The van der Waals surface area contributed by atoms with Crippen molar-refractivity contribution < 1.29 is 9.59 Å². The van der Waals surface area contributed by atoms with E-state index in [4.69, 9.17) is 0 Å². The zero-order chi connectivity index (χ0) is 24.1. The van der Waals surface area contributed by atoms with Crippen molar-refractivity contribution in [2.75, 3.05) is 12.3 Å². The van der Waals surface area contributed by atoms with Crippen molar-refractivity contribution in [1.82, 2.24) is 15.2 Å². The summed E-state index contributed by atoms with van der Waals surface area (Å²) in [4.78, 5) is 36.0. The van der Waals surface area contributed by atoms with E-state index < -0.39 is 0 Å². The molecule has 0 aromatic carbocycles. The summed E-state index contributed by atoms with van der Waals surface area (Å²) in [7, 11) is 0. The van der Waals surface area contributed by atoms with Crippen molar-refractivity contribution in [2.24, 2.45) is 4.99 Å². The van der Waals surface area contributed by atoms with E-state index in [-0.39, 0.29) is 17.2 Å². The average Bonchev–Trinajstić information content (AvgIpc) is 3.10. The maximum atomic E-state index is 13.1. The van der Waals surface area contributed by atoms with Crippen LogP contribution < -0.4 is 5.32 Å². The van der Waals surface area contributed by atoms with Gasteiger partial charge in [0, 0.05) is 31.1 Å². The summed E-state index contributed by atoms with van der Waals surface area (Å²) in [5.41, 5.74) is 3.24. The number of nitrogens with zero attached hydrogens (tertiary/aromatic N) is 3. The van der Waals surface area contributed by atoms with Gasteiger partial charge in [0.1, 0.15) is 5.37 Å². The van der Waals surface area contributed by atoms with Crippen molar-refractivity contribution in [3.63, 3.8) is 0 Å². The molecule has 2 amide bonds. The molecule has 6 nitrogen and oxygen atoms in total. The lowest BCUT2D eigenvalue weighted by molar-refractivity contribution is -0.126. The highest BCUT2D eigenvalue weighted by molar-refractivity contribution is 8.00. The number of carbonyl (C=O) groups is 2. The molecule has 180 valence electrons. The number of rotatable bonds is 9. The van der Waals surface area contributed by atoms with E-state index in [2.05, 4.69) is 21.4 Å². The van der Waals surface area contributed by atoms with Crippen LogP contribution in [0.15, 0.2) is 52.8 Å². The van der Waals surface area contributed by atoms with Gasteiger partial charge in [0.05, 0.1) is 11.6 Å². The summed E-state index contributed by atoms with van der Waals surface area (Å²) in [6.07, 6.45) is 13.6. The fraction of sp³-hybridized carbons (Fsp3) is 0.538. The number of unbranched alkanes of at least 4 members (excludes halogenated alkanes) is 1. The number of thioether (sulfide) groups is 1. The van der Waals surface area contributed by atoms with Crippen LogP contribution in [-0.4, -0.2) is 45.2 Å². The average molecular weight is 471 g/mol. The molecule has 1 atom stereocenters. The molecule has 33 heavy (non-hydrogen) atoms. The maximum Gasteiger partial charge on any atom is 0.251 e. The third kappa shape index (κ3) is 8.14. The Bertz CT molecular complexity index is 864. The molecule has 1 aliphatic heterocycles. The second-order valence-electron chi connectivity index (χ2n) is 7.89. The van der Waals surface area contributed by atoms with E-state index in [1.54, 1.807) is 24.2 Å². The fourth-order valence-electron chi connectivity index (χ4n) is 4.00. The SMILES string of the molecule is C/C=C\CCCN=C(C)NC(=O)CSC1C2=C(CCCC2)C(=O)N1Cc1ccncc1.CC. The lowest BCUT2D eigenvalue weighted by Gasteiger charge is -2.27. The molecule has 7 heteroatoms. The van der Waals surface area contributed by atoms with Gasteiger partial charge in [-0.05, 0) is 75.6 Å². The number of allylic oxidation sites excluding steroid dienone is 2. The number of amides is 2. The molecular weight excluding hydrogens is 432 g/mol. The van der Waals surface area contributed by atoms with E-state index >= 15 is 0 Å². The van der Waals surface area contributed by atoms with Crippen LogP contribution in [0.4, 0.5) is 0 Å². The van der Waals surface area contributed by atoms with Crippen LogP contribution in [-0.2, 0) is 16.1 Å². The molecule has 0 spiro atoms. The van der Waals surface area contributed by atoms with Gasteiger partial charge in [-0.2, -0.15) is 0 Å². The Morgan fingerprint density at radius 1 is 1.27 bits per heavy atom. The van der Waals surface area contributed by atoms with E-state index in [1.165, 1.54) is 5.57 Å². The molecule has 2 heterocycles. The number of aliphatic imine (C=N–C) groups is 1. The number of hydrogen-bond donors (Lipinski definition) is 1. The van der Waals surface area contributed by atoms with Crippen molar-refractivity contribution in [3.05, 3.63) is 53.4 Å². The summed E-state index contributed by atoms with van der Waals surface area (Å²) >= 11 is 1.54. The monoisotopic (exact) mass is 470 g/mol. The van der Waals surface area contributed by atoms with Gasteiger partial charge in [0.25, 0.3) is 5.91 Å². The Morgan fingerprint density at radius 2 is 2.00 bits per heavy atom. The molecule has 0 fully saturated rings. The minimum Gasteiger partial charge on any atom is -0.319 e. The molecular formula is C26H38N4O2S. The van der Waals surface area contributed by atoms with Crippen molar-refractivity contribution in [2.45, 2.75) is 78.1 Å². The van der Waals surface area contributed by atoms with Crippen LogP contribution in [0.5, 0.6) is 0 Å². The quantitative estimate of drug-likeness (QED) is 0.231. The lowest BCUT2D eigenvalue weighted by atomic mass is 9.94. The molecule has 1 aromatic heterocycles. The highest BCUT2D eigenvalue weighted by Gasteiger charge is 2.40. The highest BCUT2D eigenvalue weighted by atomic mass is 32.2. The van der Waals surface area contributed by atoms with Crippen LogP contribution in [0.1, 0.15) is 71.8 Å². The molecule has 1 aliphatic carbocycles. The highest BCUT2D eigenvalue weighted by Crippen LogP contribution is 2.41. The van der Waals surface area contributed by atoms with Crippen molar-refractivity contribution >= 4 is 29.4 Å². The molecule has 0 radical (unpaired) electrons. The number of hydrogen-bond acceptors (Lipinski definition) is 5. The van der Waals surface area contributed by atoms with Crippen LogP contribution in [0.25, 0.3) is 0 Å². The third-order valence-electron chi connectivity index (χ3n) is 5.52. The van der Waals surface area contributed by atoms with E-state index in [0.717, 1.165) is 49.7 Å². The van der Waals surface area contributed by atoms with Gasteiger partial charge in [-0.3, -0.25) is 19.6 Å². The summed E-state index contributed by atoms with van der Waals surface area (Å²) in [6, 6.07) is 3.88. The first-order valence-corrected chi connectivity index (χ1v) is 13.1. The molecule has 1 aromatic rings. The fourth-order valence-corrected chi connectivity index (χ4v) is 5.19. The maximum absolute atomic E-state index is 13.1. The van der Waals surface area contributed by atoms with E-state index in [9.17, 15) is 9.59 Å². The van der Waals surface area contributed by atoms with Crippen LogP contribution in [0.3, 0.4) is 0 Å². The summed E-state index contributed by atoms with van der Waals surface area (Å²) in [5, 5.41) is 2.82. The first-order chi connectivity index (χ1) is 16.1. The number of carbonyl (C=O) groups excluding carboxylic acids is 2. The van der Waals surface area contributed by atoms with Gasteiger partial charge in [0.2, 0.25) is 5.91 Å². The largest absolute Gasteiger partial charge is 0.319 e. The molecule has 2 aliphatic rings. The van der Waals surface area contributed by atoms with Gasteiger partial charge in [-0.15, -0.1) is 11.8 Å². The first kappa shape index (κ1) is 26.8. The zero-order valence-corrected chi connectivity index (χ0v) is 21.3. The predicted molar refractivity (Wildman–Crippen MR) is 138 cm³/mol. The summed E-state index contributed by atoms with van der Waals surface area (Å²) in [6.45, 7) is 9.08. The van der Waals surface area contributed by atoms with Crippen LogP contribution >= 0.6 is 11.8 Å². The van der Waals surface area contributed by atoms with Crippen LogP contribution in [0, 0.1) is 0 Å². The Balaban J connectivity index is 0.00000187. The second kappa shape index (κ2) is 14.7. The van der Waals surface area contributed by atoms with Gasteiger partial charge in [-0.25, -0.2) is 0 Å². The Kier molecular flexibility index (Phi) is 11.9. The molecule has 0 bridgehead atoms. The second-order valence-corrected chi connectivity index (χ2v) is 8.96. The third-order valence-corrected chi connectivity index (χ3v) is 6.80. The Hall–Kier alpha value is -2.41. The minimum absolute atomic E-state index is 0.0686. The molecule has 0 saturated carbocycles. The molecule has 1 N–H and O–H groups in total. The first-order valence-electron chi connectivity index (χ1n) is 12.1. The standard InChI is InChI=1S/C24H32N4O2S.C2H6/c1-3-4-5-8-13-26-18(2)27-22(29)17-31-24-21-10-7-6-9-20(21)23(30)28(24)16-19-11-14-25-15-12-19;1-2/h3-4,11-12,14-15,24H,5-10,13,16-17H2,1-2H3,(H,26,27,29);1-2H3/b4-3-;. The van der Waals surface area contributed by atoms with E-state index in [0.29, 0.717) is 24.7 Å². The Labute approximate surface area is 203 Å². The summed E-state index contributed by atoms with van der Waals surface area (Å²) in [5.74, 6) is 1.01. The number of aromatic nitrogens is 1. The molecule has 0 saturated heterocycles. The lowest BCUT2D eigenvalue weighted by Crippen LogP contribution is -2.35. The molecule has 1 unspecified atom stereocenters. The minimum atomic E-state index is -0.0696. The number of amidine groups is 1. The number of pyridine rings is 1. The van der Waals surface area contributed by atoms with Gasteiger partial charge < -0.3 is 10.2 Å². The van der Waals surface area contributed by atoms with E-state index in [1.807, 2.05) is 50.8 Å². The van der Waals surface area contributed by atoms with Gasteiger partial charge >= 0.3 is 0 Å². The van der Waals surface area contributed by atoms with Crippen LogP contribution in [0.2, 0.25) is 0 Å². The van der Waals surface area contributed by atoms with Gasteiger partial charge in [-0.1, -0.05) is 26.0 Å². The summed E-state index contributed by atoms with van der Waals surface area (Å²) < 4.78 is 0. The Morgan fingerprint density at radius 3 is 2.73 bits per heavy atom. The smallest absolute Gasteiger partial charge is 0.251 e. The normalized spacial score (nSPS) is 18.3.